The Morgan fingerprint density at radius 2 is 2.00 bits per heavy atom. The molecule has 0 atom stereocenters. The van der Waals surface area contributed by atoms with Gasteiger partial charge in [-0.3, -0.25) is 9.59 Å². The zero-order chi connectivity index (χ0) is 15.2. The molecule has 0 spiro atoms. The van der Waals surface area contributed by atoms with Gasteiger partial charge >= 0.3 is 0 Å². The predicted octanol–water partition coefficient (Wildman–Crippen LogP) is 0.920. The monoisotopic (exact) mass is 310 g/mol. The maximum absolute atomic E-state index is 12.0. The summed E-state index contributed by atoms with van der Waals surface area (Å²) in [4.78, 5) is 29.5. The summed E-state index contributed by atoms with van der Waals surface area (Å²) in [5.74, 6) is 0.0891. The molecule has 2 amide bonds. The van der Waals surface area contributed by atoms with E-state index >= 15 is 0 Å². The second-order valence-electron chi connectivity index (χ2n) is 5.31. The van der Waals surface area contributed by atoms with E-state index in [1.807, 2.05) is 6.92 Å². The van der Waals surface area contributed by atoms with Crippen LogP contribution in [0, 0.1) is 12.8 Å². The third kappa shape index (κ3) is 4.70. The van der Waals surface area contributed by atoms with Gasteiger partial charge in [0.05, 0.1) is 5.69 Å². The average molecular weight is 310 g/mol. The summed E-state index contributed by atoms with van der Waals surface area (Å²) in [6, 6.07) is 0. The Hall–Kier alpha value is -1.63. The van der Waals surface area contributed by atoms with Crippen molar-refractivity contribution in [3.8, 4) is 0 Å². The summed E-state index contributed by atoms with van der Waals surface area (Å²) in [7, 11) is 0. The van der Waals surface area contributed by atoms with Crippen LogP contribution in [0.25, 0.3) is 0 Å². The summed E-state index contributed by atoms with van der Waals surface area (Å²) in [6.07, 6.45) is 1.70. The van der Waals surface area contributed by atoms with Crippen molar-refractivity contribution in [3.05, 3.63) is 11.1 Å². The van der Waals surface area contributed by atoms with Crippen molar-refractivity contribution in [1.29, 1.82) is 0 Å². The van der Waals surface area contributed by atoms with Crippen molar-refractivity contribution in [2.45, 2.75) is 26.7 Å². The van der Waals surface area contributed by atoms with Gasteiger partial charge in [-0.15, -0.1) is 11.3 Å². The number of piperidine rings is 1. The number of carbonyl (C=O) groups is 2. The lowest BCUT2D eigenvalue weighted by molar-refractivity contribution is -0.126. The van der Waals surface area contributed by atoms with Gasteiger partial charge in [0.1, 0.15) is 0 Å². The van der Waals surface area contributed by atoms with Crippen molar-refractivity contribution in [2.75, 3.05) is 31.1 Å². The molecule has 1 aromatic heterocycles. The smallest absolute Gasteiger partial charge is 0.223 e. The van der Waals surface area contributed by atoms with Gasteiger partial charge in [-0.1, -0.05) is 0 Å². The molecule has 0 aliphatic carbocycles. The van der Waals surface area contributed by atoms with E-state index in [4.69, 9.17) is 0 Å². The molecule has 0 radical (unpaired) electrons. The number of carbonyl (C=O) groups excluding carboxylic acids is 2. The summed E-state index contributed by atoms with van der Waals surface area (Å²) in [6.45, 7) is 6.18. The highest BCUT2D eigenvalue weighted by Crippen LogP contribution is 2.26. The molecule has 21 heavy (non-hydrogen) atoms. The number of nitrogens with one attached hydrogen (secondary N) is 2. The van der Waals surface area contributed by atoms with Gasteiger partial charge in [0, 0.05) is 44.4 Å². The Labute approximate surface area is 128 Å². The molecule has 2 heterocycles. The molecule has 2 rings (SSSR count). The van der Waals surface area contributed by atoms with E-state index in [0.29, 0.717) is 13.1 Å². The van der Waals surface area contributed by atoms with E-state index in [9.17, 15) is 9.59 Å². The Balaban J connectivity index is 1.70. The first-order valence-electron chi connectivity index (χ1n) is 7.25. The lowest BCUT2D eigenvalue weighted by atomic mass is 9.96. The Morgan fingerprint density at radius 3 is 2.57 bits per heavy atom. The number of anilines is 1. The van der Waals surface area contributed by atoms with Crippen LogP contribution in [0.1, 0.15) is 25.5 Å². The fourth-order valence-corrected chi connectivity index (χ4v) is 3.25. The van der Waals surface area contributed by atoms with E-state index in [2.05, 4.69) is 25.9 Å². The normalized spacial score (nSPS) is 15.8. The van der Waals surface area contributed by atoms with Crippen LogP contribution in [-0.4, -0.2) is 43.0 Å². The summed E-state index contributed by atoms with van der Waals surface area (Å²) in [5, 5.41) is 8.65. The number of rotatable bonds is 5. The Bertz CT molecular complexity index is 495. The second kappa shape index (κ2) is 7.40. The number of hydrogen-bond donors (Lipinski definition) is 2. The molecule has 0 saturated carbocycles. The Morgan fingerprint density at radius 1 is 1.33 bits per heavy atom. The van der Waals surface area contributed by atoms with Crippen LogP contribution < -0.4 is 15.5 Å². The molecule has 0 bridgehead atoms. The minimum atomic E-state index is -0.0729. The first kappa shape index (κ1) is 15.8. The fourth-order valence-electron chi connectivity index (χ4n) is 2.39. The van der Waals surface area contributed by atoms with Crippen molar-refractivity contribution in [1.82, 2.24) is 15.6 Å². The van der Waals surface area contributed by atoms with Crippen molar-refractivity contribution >= 4 is 28.3 Å². The second-order valence-corrected chi connectivity index (χ2v) is 6.14. The molecule has 1 aliphatic rings. The minimum absolute atomic E-state index is 0.0691. The molecule has 1 aliphatic heterocycles. The van der Waals surface area contributed by atoms with E-state index in [-0.39, 0.29) is 17.7 Å². The SMILES string of the molecule is CC(=O)NCCNC(=O)C1CCN(c2nc(C)cs2)CC1. The molecule has 1 aromatic rings. The average Bonchev–Trinajstić information content (AvgIpc) is 2.90. The quantitative estimate of drug-likeness (QED) is 0.793. The molecule has 1 fully saturated rings. The lowest BCUT2D eigenvalue weighted by Gasteiger charge is -2.31. The van der Waals surface area contributed by atoms with Crippen molar-refractivity contribution in [3.63, 3.8) is 0 Å². The number of amides is 2. The largest absolute Gasteiger partial charge is 0.355 e. The van der Waals surface area contributed by atoms with Gasteiger partial charge in [0.15, 0.2) is 5.13 Å². The number of aromatic nitrogens is 1. The van der Waals surface area contributed by atoms with Gasteiger partial charge in [0.2, 0.25) is 11.8 Å². The van der Waals surface area contributed by atoms with Crippen molar-refractivity contribution in [2.24, 2.45) is 5.92 Å². The van der Waals surface area contributed by atoms with Crippen LogP contribution in [0.2, 0.25) is 0 Å². The molecular formula is C14H22N4O2S. The maximum atomic E-state index is 12.0. The highest BCUT2D eigenvalue weighted by molar-refractivity contribution is 7.13. The van der Waals surface area contributed by atoms with E-state index in [1.165, 1.54) is 6.92 Å². The van der Waals surface area contributed by atoms with E-state index in [1.54, 1.807) is 11.3 Å². The summed E-state index contributed by atoms with van der Waals surface area (Å²) < 4.78 is 0. The topological polar surface area (TPSA) is 74.3 Å². The molecule has 6 nitrogen and oxygen atoms in total. The summed E-state index contributed by atoms with van der Waals surface area (Å²) >= 11 is 1.66. The van der Waals surface area contributed by atoms with E-state index in [0.717, 1.165) is 36.8 Å². The van der Waals surface area contributed by atoms with Crippen LogP contribution in [0.5, 0.6) is 0 Å². The molecule has 0 unspecified atom stereocenters. The maximum Gasteiger partial charge on any atom is 0.223 e. The highest BCUT2D eigenvalue weighted by Gasteiger charge is 2.25. The lowest BCUT2D eigenvalue weighted by Crippen LogP contribution is -2.42. The number of hydrogen-bond acceptors (Lipinski definition) is 5. The summed E-state index contributed by atoms with van der Waals surface area (Å²) in [5.41, 5.74) is 1.05. The molecule has 0 aromatic carbocycles. The zero-order valence-corrected chi connectivity index (χ0v) is 13.3. The highest BCUT2D eigenvalue weighted by atomic mass is 32.1. The van der Waals surface area contributed by atoms with Gasteiger partial charge < -0.3 is 15.5 Å². The molecular weight excluding hydrogens is 288 g/mol. The first-order chi connectivity index (χ1) is 10.1. The van der Waals surface area contributed by atoms with Crippen LogP contribution >= 0.6 is 11.3 Å². The standard InChI is InChI=1S/C14H22N4O2S/c1-10-9-21-14(17-10)18-7-3-12(4-8-18)13(20)16-6-5-15-11(2)19/h9,12H,3-8H2,1-2H3,(H,15,19)(H,16,20). The molecule has 1 saturated heterocycles. The van der Waals surface area contributed by atoms with Crippen LogP contribution in [0.4, 0.5) is 5.13 Å². The Kier molecular flexibility index (Phi) is 5.55. The predicted molar refractivity (Wildman–Crippen MR) is 83.5 cm³/mol. The van der Waals surface area contributed by atoms with Gasteiger partial charge in [-0.25, -0.2) is 4.98 Å². The van der Waals surface area contributed by atoms with Gasteiger partial charge in [0.25, 0.3) is 0 Å². The molecule has 116 valence electrons. The van der Waals surface area contributed by atoms with Crippen molar-refractivity contribution < 1.29 is 9.59 Å². The minimum Gasteiger partial charge on any atom is -0.355 e. The first-order valence-corrected chi connectivity index (χ1v) is 8.13. The van der Waals surface area contributed by atoms with Gasteiger partial charge in [-0.05, 0) is 19.8 Å². The molecule has 2 N–H and O–H groups in total. The van der Waals surface area contributed by atoms with Crippen LogP contribution in [-0.2, 0) is 9.59 Å². The van der Waals surface area contributed by atoms with E-state index < -0.39 is 0 Å². The third-order valence-electron chi connectivity index (χ3n) is 3.54. The van der Waals surface area contributed by atoms with Crippen LogP contribution in [0.15, 0.2) is 5.38 Å². The fraction of sp³-hybridized carbons (Fsp3) is 0.643. The zero-order valence-electron chi connectivity index (χ0n) is 12.5. The molecule has 7 heteroatoms. The number of thiazole rings is 1. The number of nitrogens with zero attached hydrogens (tertiary/aromatic N) is 2. The number of aryl methyl sites for hydroxylation is 1. The third-order valence-corrected chi connectivity index (χ3v) is 4.56. The van der Waals surface area contributed by atoms with Crippen LogP contribution in [0.3, 0.4) is 0 Å². The van der Waals surface area contributed by atoms with Gasteiger partial charge in [-0.2, -0.15) is 0 Å².